The number of rotatable bonds is 6. The standard InChI is InChI=1S/C22H26N4OS2/c1-16-20(29-22(23-16)19-9-6-14-28-19)21(27)24-18(17-7-4-3-5-8-17)15-26-12-10-25(2)11-13-26/h3-9,14,18H,10-13,15H2,1-2H3,(H,24,27). The van der Waals surface area contributed by atoms with Gasteiger partial charge in [0.2, 0.25) is 0 Å². The van der Waals surface area contributed by atoms with Crippen LogP contribution in [0, 0.1) is 6.92 Å². The van der Waals surface area contributed by atoms with Crippen molar-refractivity contribution < 1.29 is 4.79 Å². The number of nitrogens with zero attached hydrogens (tertiary/aromatic N) is 3. The topological polar surface area (TPSA) is 48.5 Å². The van der Waals surface area contributed by atoms with E-state index in [1.54, 1.807) is 11.3 Å². The molecule has 1 saturated heterocycles. The minimum absolute atomic E-state index is 0.0363. The van der Waals surface area contributed by atoms with Gasteiger partial charge in [-0.3, -0.25) is 9.69 Å². The average Bonchev–Trinajstić information content (AvgIpc) is 3.39. The number of piperazine rings is 1. The van der Waals surface area contributed by atoms with E-state index in [-0.39, 0.29) is 11.9 Å². The van der Waals surface area contributed by atoms with E-state index < -0.39 is 0 Å². The van der Waals surface area contributed by atoms with Crippen molar-refractivity contribution in [2.45, 2.75) is 13.0 Å². The molecule has 3 aromatic rings. The predicted molar refractivity (Wildman–Crippen MR) is 121 cm³/mol. The van der Waals surface area contributed by atoms with Gasteiger partial charge in [0.05, 0.1) is 16.6 Å². The molecular formula is C22H26N4OS2. The minimum atomic E-state index is -0.0428. The fraction of sp³-hybridized carbons (Fsp3) is 0.364. The highest BCUT2D eigenvalue weighted by molar-refractivity contribution is 7.22. The Balaban J connectivity index is 1.52. The molecule has 0 spiro atoms. The minimum Gasteiger partial charge on any atom is -0.343 e. The normalized spacial score (nSPS) is 16.6. The molecule has 152 valence electrons. The van der Waals surface area contributed by atoms with Crippen LogP contribution in [0.3, 0.4) is 0 Å². The molecule has 1 amide bonds. The Morgan fingerprint density at radius 1 is 1.14 bits per heavy atom. The lowest BCUT2D eigenvalue weighted by Crippen LogP contribution is -2.47. The van der Waals surface area contributed by atoms with E-state index in [0.29, 0.717) is 4.88 Å². The molecular weight excluding hydrogens is 400 g/mol. The summed E-state index contributed by atoms with van der Waals surface area (Å²) in [5.74, 6) is -0.0363. The highest BCUT2D eigenvalue weighted by atomic mass is 32.1. The summed E-state index contributed by atoms with van der Waals surface area (Å²) in [6.45, 7) is 6.91. The smallest absolute Gasteiger partial charge is 0.263 e. The van der Waals surface area contributed by atoms with E-state index in [2.05, 4.69) is 39.3 Å². The molecule has 1 N–H and O–H groups in total. The molecule has 0 aliphatic carbocycles. The number of amides is 1. The number of thiophene rings is 1. The largest absolute Gasteiger partial charge is 0.343 e. The third-order valence-electron chi connectivity index (χ3n) is 5.28. The number of aromatic nitrogens is 1. The number of aryl methyl sites for hydroxylation is 1. The Hall–Kier alpha value is -2.06. The van der Waals surface area contributed by atoms with Crippen LogP contribution in [-0.4, -0.2) is 60.5 Å². The van der Waals surface area contributed by atoms with E-state index in [9.17, 15) is 4.79 Å². The van der Waals surface area contributed by atoms with Gasteiger partial charge >= 0.3 is 0 Å². The number of carbonyl (C=O) groups excluding carboxylic acids is 1. The van der Waals surface area contributed by atoms with Crippen molar-refractivity contribution in [2.75, 3.05) is 39.8 Å². The summed E-state index contributed by atoms with van der Waals surface area (Å²) in [6.07, 6.45) is 0. The summed E-state index contributed by atoms with van der Waals surface area (Å²) in [5.41, 5.74) is 1.93. The van der Waals surface area contributed by atoms with Gasteiger partial charge in [0.25, 0.3) is 5.91 Å². The number of benzene rings is 1. The Morgan fingerprint density at radius 3 is 2.59 bits per heavy atom. The van der Waals surface area contributed by atoms with E-state index in [1.165, 1.54) is 11.3 Å². The van der Waals surface area contributed by atoms with Crippen molar-refractivity contribution in [1.29, 1.82) is 0 Å². The molecule has 1 fully saturated rings. The zero-order valence-corrected chi connectivity index (χ0v) is 18.4. The molecule has 4 rings (SSSR count). The average molecular weight is 427 g/mol. The van der Waals surface area contributed by atoms with Crippen LogP contribution in [0.1, 0.15) is 27.0 Å². The Morgan fingerprint density at radius 2 is 1.90 bits per heavy atom. The molecule has 1 aromatic carbocycles. The van der Waals surface area contributed by atoms with Crippen molar-refractivity contribution in [3.8, 4) is 9.88 Å². The monoisotopic (exact) mass is 426 g/mol. The fourth-order valence-electron chi connectivity index (χ4n) is 3.54. The lowest BCUT2D eigenvalue weighted by atomic mass is 10.1. The zero-order valence-electron chi connectivity index (χ0n) is 16.8. The van der Waals surface area contributed by atoms with Gasteiger partial charge in [-0.25, -0.2) is 4.98 Å². The zero-order chi connectivity index (χ0) is 20.2. The van der Waals surface area contributed by atoms with E-state index in [1.807, 2.05) is 42.6 Å². The van der Waals surface area contributed by atoms with Crippen LogP contribution in [-0.2, 0) is 0 Å². The van der Waals surface area contributed by atoms with Crippen molar-refractivity contribution in [1.82, 2.24) is 20.1 Å². The van der Waals surface area contributed by atoms with Gasteiger partial charge in [-0.15, -0.1) is 22.7 Å². The van der Waals surface area contributed by atoms with Gasteiger partial charge in [-0.05, 0) is 31.0 Å². The molecule has 7 heteroatoms. The van der Waals surface area contributed by atoms with Crippen molar-refractivity contribution in [3.05, 3.63) is 64.0 Å². The van der Waals surface area contributed by atoms with Crippen molar-refractivity contribution in [2.24, 2.45) is 0 Å². The number of nitrogens with one attached hydrogen (secondary N) is 1. The number of carbonyl (C=O) groups is 1. The molecule has 29 heavy (non-hydrogen) atoms. The van der Waals surface area contributed by atoms with Crippen molar-refractivity contribution >= 4 is 28.6 Å². The number of thiazole rings is 1. The Kier molecular flexibility index (Phi) is 6.40. The first-order valence-electron chi connectivity index (χ1n) is 9.88. The van der Waals surface area contributed by atoms with Crippen LogP contribution in [0.2, 0.25) is 0 Å². The van der Waals surface area contributed by atoms with Gasteiger partial charge in [0.1, 0.15) is 9.88 Å². The van der Waals surface area contributed by atoms with E-state index in [4.69, 9.17) is 0 Å². The van der Waals surface area contributed by atoms with Crippen LogP contribution < -0.4 is 5.32 Å². The van der Waals surface area contributed by atoms with Gasteiger partial charge < -0.3 is 10.2 Å². The first-order chi connectivity index (χ1) is 14.1. The molecule has 1 aliphatic rings. The lowest BCUT2D eigenvalue weighted by molar-refractivity contribution is 0.0910. The van der Waals surface area contributed by atoms with Crippen LogP contribution in [0.25, 0.3) is 9.88 Å². The quantitative estimate of drug-likeness (QED) is 0.650. The summed E-state index contributed by atoms with van der Waals surface area (Å²) < 4.78 is 0. The third-order valence-corrected chi connectivity index (χ3v) is 7.47. The van der Waals surface area contributed by atoms with Gasteiger partial charge in [-0.1, -0.05) is 36.4 Å². The summed E-state index contributed by atoms with van der Waals surface area (Å²) in [4.78, 5) is 24.4. The molecule has 0 radical (unpaired) electrons. The van der Waals surface area contributed by atoms with E-state index in [0.717, 1.165) is 53.9 Å². The molecule has 1 unspecified atom stereocenters. The molecule has 5 nitrogen and oxygen atoms in total. The van der Waals surface area contributed by atoms with Crippen LogP contribution in [0.15, 0.2) is 47.8 Å². The maximum Gasteiger partial charge on any atom is 0.263 e. The number of hydrogen-bond acceptors (Lipinski definition) is 6. The molecule has 0 saturated carbocycles. The summed E-state index contributed by atoms with van der Waals surface area (Å²) in [6, 6.07) is 14.3. The highest BCUT2D eigenvalue weighted by Crippen LogP contribution is 2.31. The summed E-state index contributed by atoms with van der Waals surface area (Å²) in [7, 11) is 2.16. The maximum absolute atomic E-state index is 13.2. The number of hydrogen-bond donors (Lipinski definition) is 1. The van der Waals surface area contributed by atoms with Gasteiger partial charge in [-0.2, -0.15) is 0 Å². The highest BCUT2D eigenvalue weighted by Gasteiger charge is 2.24. The molecule has 1 atom stereocenters. The summed E-state index contributed by atoms with van der Waals surface area (Å²) in [5, 5.41) is 6.24. The molecule has 0 bridgehead atoms. The number of likely N-dealkylation sites (N-methyl/N-ethyl adjacent to an activating group) is 1. The van der Waals surface area contributed by atoms with Gasteiger partial charge in [0, 0.05) is 32.7 Å². The Labute approximate surface area is 180 Å². The second kappa shape index (κ2) is 9.17. The molecule has 1 aliphatic heterocycles. The SMILES string of the molecule is Cc1nc(-c2cccs2)sc1C(=O)NC(CN1CCN(C)CC1)c1ccccc1. The van der Waals surface area contributed by atoms with Gasteiger partial charge in [0.15, 0.2) is 0 Å². The van der Waals surface area contributed by atoms with Crippen molar-refractivity contribution in [3.63, 3.8) is 0 Å². The van der Waals surface area contributed by atoms with Crippen LogP contribution in [0.4, 0.5) is 0 Å². The lowest BCUT2D eigenvalue weighted by Gasteiger charge is -2.35. The Bertz CT molecular complexity index is 931. The first kappa shape index (κ1) is 20.2. The first-order valence-corrected chi connectivity index (χ1v) is 11.6. The second-order valence-electron chi connectivity index (χ2n) is 7.45. The second-order valence-corrected chi connectivity index (χ2v) is 9.40. The van der Waals surface area contributed by atoms with E-state index >= 15 is 0 Å². The maximum atomic E-state index is 13.2. The molecule has 3 heterocycles. The molecule has 2 aromatic heterocycles. The van der Waals surface area contributed by atoms with Crippen LogP contribution in [0.5, 0.6) is 0 Å². The van der Waals surface area contributed by atoms with Crippen LogP contribution >= 0.6 is 22.7 Å². The third kappa shape index (κ3) is 4.93. The summed E-state index contributed by atoms with van der Waals surface area (Å²) >= 11 is 3.13. The fourth-order valence-corrected chi connectivity index (χ4v) is 5.31. The predicted octanol–water partition coefficient (Wildman–Crippen LogP) is 3.90.